The third-order valence-electron chi connectivity index (χ3n) is 3.84. The van der Waals surface area contributed by atoms with E-state index in [1.807, 2.05) is 25.1 Å². The van der Waals surface area contributed by atoms with Gasteiger partial charge in [0.25, 0.3) is 0 Å². The van der Waals surface area contributed by atoms with Crippen LogP contribution in [0.3, 0.4) is 0 Å². The lowest BCUT2D eigenvalue weighted by Crippen LogP contribution is -2.35. The number of benzene rings is 2. The zero-order chi connectivity index (χ0) is 18.6. The van der Waals surface area contributed by atoms with Gasteiger partial charge >= 0.3 is 5.97 Å². The number of hydrogen-bond donors (Lipinski definition) is 0. The Morgan fingerprint density at radius 3 is 2.32 bits per heavy atom. The van der Waals surface area contributed by atoms with E-state index in [4.69, 9.17) is 4.74 Å². The van der Waals surface area contributed by atoms with Gasteiger partial charge in [-0.3, -0.25) is 0 Å². The molecule has 4 nitrogen and oxygen atoms in total. The predicted molar refractivity (Wildman–Crippen MR) is 96.5 cm³/mol. The summed E-state index contributed by atoms with van der Waals surface area (Å²) < 4.78 is 18.3. The average molecular weight is 355 g/mol. The van der Waals surface area contributed by atoms with Crippen LogP contribution in [0.5, 0.6) is 0 Å². The summed E-state index contributed by atoms with van der Waals surface area (Å²) in [7, 11) is -1.50. The van der Waals surface area contributed by atoms with Crippen molar-refractivity contribution in [3.05, 3.63) is 59.7 Å². The smallest absolute Gasteiger partial charge is 0.331 e. The summed E-state index contributed by atoms with van der Waals surface area (Å²) in [5.74, 6) is -0.640. The molecule has 0 aliphatic heterocycles. The third-order valence-corrected chi connectivity index (χ3v) is 5.29. The summed E-state index contributed by atoms with van der Waals surface area (Å²) in [6.45, 7) is 6.91. The summed E-state index contributed by atoms with van der Waals surface area (Å²) in [5.41, 5.74) is -0.0558. The van der Waals surface area contributed by atoms with E-state index in [0.29, 0.717) is 15.4 Å². The number of carbonyl (C=O) groups excluding carboxylic acids is 1. The predicted octanol–water partition coefficient (Wildman–Crippen LogP) is 3.89. The molecule has 0 aromatic heterocycles. The number of rotatable bonds is 5. The first kappa shape index (κ1) is 18.9. The Labute approximate surface area is 150 Å². The molecule has 0 unspecified atom stereocenters. The van der Waals surface area contributed by atoms with Crippen LogP contribution in [0.2, 0.25) is 0 Å². The van der Waals surface area contributed by atoms with Crippen LogP contribution >= 0.6 is 0 Å². The molecule has 0 bridgehead atoms. The molecule has 2 aromatic carbocycles. The molecule has 0 aliphatic rings. The topological polar surface area (TPSA) is 67.2 Å². The van der Waals surface area contributed by atoms with E-state index < -0.39 is 22.2 Å². The highest BCUT2D eigenvalue weighted by Gasteiger charge is 2.40. The number of aryl methyl sites for hydroxylation is 1. The monoisotopic (exact) mass is 355 g/mol. The first-order valence-corrected chi connectivity index (χ1v) is 9.15. The first-order chi connectivity index (χ1) is 11.8. The molecule has 0 radical (unpaired) electrons. The molecule has 2 rings (SSSR count). The molecule has 0 N–H and O–H groups in total. The van der Waals surface area contributed by atoms with Crippen molar-refractivity contribution in [2.24, 2.45) is 0 Å². The van der Waals surface area contributed by atoms with E-state index >= 15 is 0 Å². The van der Waals surface area contributed by atoms with Crippen molar-refractivity contribution in [1.29, 1.82) is 5.26 Å². The molecular formula is C20H21NO3S. The van der Waals surface area contributed by atoms with Crippen LogP contribution < -0.4 is 0 Å². The van der Waals surface area contributed by atoms with Crippen molar-refractivity contribution in [3.8, 4) is 6.07 Å². The molecule has 25 heavy (non-hydrogen) atoms. The lowest BCUT2D eigenvalue weighted by molar-refractivity contribution is -0.151. The van der Waals surface area contributed by atoms with Crippen LogP contribution in [0, 0.1) is 18.3 Å². The number of ether oxygens (including phenoxy) is 1. The van der Waals surface area contributed by atoms with Gasteiger partial charge in [0, 0.05) is 9.79 Å². The zero-order valence-electron chi connectivity index (χ0n) is 14.8. The molecule has 0 fully saturated rings. The van der Waals surface area contributed by atoms with Gasteiger partial charge in [0.05, 0.1) is 23.0 Å². The maximum absolute atomic E-state index is 13.0. The van der Waals surface area contributed by atoms with Crippen LogP contribution in [-0.4, -0.2) is 16.3 Å². The van der Waals surface area contributed by atoms with Crippen molar-refractivity contribution in [2.45, 2.75) is 49.0 Å². The van der Waals surface area contributed by atoms with Gasteiger partial charge in [0.2, 0.25) is 0 Å². The highest BCUT2D eigenvalue weighted by atomic mass is 32.2. The molecule has 0 saturated carbocycles. The van der Waals surface area contributed by atoms with Crippen LogP contribution in [-0.2, 0) is 25.7 Å². The zero-order valence-corrected chi connectivity index (χ0v) is 15.6. The van der Waals surface area contributed by atoms with Crippen LogP contribution in [0.25, 0.3) is 0 Å². The molecule has 0 amide bonds. The Kier molecular flexibility index (Phi) is 5.76. The second kappa shape index (κ2) is 7.62. The van der Waals surface area contributed by atoms with Gasteiger partial charge in [-0.2, -0.15) is 5.26 Å². The number of nitriles is 1. The summed E-state index contributed by atoms with van der Waals surface area (Å²) in [6, 6.07) is 16.2. The van der Waals surface area contributed by atoms with Gasteiger partial charge in [-0.15, -0.1) is 0 Å². The van der Waals surface area contributed by atoms with E-state index in [1.54, 1.807) is 50.2 Å². The van der Waals surface area contributed by atoms with Crippen molar-refractivity contribution in [1.82, 2.24) is 0 Å². The second-order valence-electron chi connectivity index (χ2n) is 6.27. The maximum atomic E-state index is 13.0. The lowest BCUT2D eigenvalue weighted by Gasteiger charge is -2.24. The Morgan fingerprint density at radius 1 is 1.16 bits per heavy atom. The van der Waals surface area contributed by atoms with Crippen molar-refractivity contribution < 1.29 is 13.7 Å². The van der Waals surface area contributed by atoms with Gasteiger partial charge in [-0.05, 0) is 51.5 Å². The van der Waals surface area contributed by atoms with E-state index in [1.165, 1.54) is 6.92 Å². The minimum absolute atomic E-state index is 0.338. The Bertz CT molecular complexity index is 837. The number of esters is 1. The van der Waals surface area contributed by atoms with Crippen LogP contribution in [0.4, 0.5) is 0 Å². The summed E-state index contributed by atoms with van der Waals surface area (Å²) in [5, 5.41) is 9.69. The minimum atomic E-state index is -1.53. The Morgan fingerprint density at radius 2 is 1.76 bits per heavy atom. The molecule has 2 atom stereocenters. The standard InChI is InChI=1S/C20H21NO3S/c1-14(2)24-19(22)20(4,13-21)17-7-5-6-8-18(17)25(23)16-11-9-15(3)10-12-16/h5-12,14H,1-4H3/t20-,25-/m0/s1. The first-order valence-electron chi connectivity index (χ1n) is 8.00. The van der Waals surface area contributed by atoms with Gasteiger partial charge in [0.15, 0.2) is 5.41 Å². The summed E-state index contributed by atoms with van der Waals surface area (Å²) in [6.07, 6.45) is -0.338. The summed E-state index contributed by atoms with van der Waals surface area (Å²) >= 11 is 0. The fourth-order valence-electron chi connectivity index (χ4n) is 2.38. The Balaban J connectivity index is 2.53. The van der Waals surface area contributed by atoms with E-state index in [9.17, 15) is 14.3 Å². The molecule has 2 aromatic rings. The quantitative estimate of drug-likeness (QED) is 0.763. The molecule has 0 spiro atoms. The third kappa shape index (κ3) is 3.97. The molecule has 5 heteroatoms. The van der Waals surface area contributed by atoms with E-state index in [0.717, 1.165) is 5.56 Å². The molecule has 0 saturated heterocycles. The highest BCUT2D eigenvalue weighted by Crippen LogP contribution is 2.32. The van der Waals surface area contributed by atoms with Crippen molar-refractivity contribution in [2.75, 3.05) is 0 Å². The molecular weight excluding hydrogens is 334 g/mol. The van der Waals surface area contributed by atoms with Gasteiger partial charge < -0.3 is 4.74 Å². The number of carbonyl (C=O) groups is 1. The van der Waals surface area contributed by atoms with E-state index in [2.05, 4.69) is 0 Å². The molecule has 0 heterocycles. The molecule has 0 aliphatic carbocycles. The maximum Gasteiger partial charge on any atom is 0.331 e. The normalized spacial score (nSPS) is 14.4. The number of hydrogen-bond acceptors (Lipinski definition) is 4. The van der Waals surface area contributed by atoms with Crippen molar-refractivity contribution >= 4 is 16.8 Å². The van der Waals surface area contributed by atoms with Gasteiger partial charge in [0.1, 0.15) is 0 Å². The van der Waals surface area contributed by atoms with E-state index in [-0.39, 0.29) is 6.10 Å². The van der Waals surface area contributed by atoms with Gasteiger partial charge in [-0.25, -0.2) is 9.00 Å². The van der Waals surface area contributed by atoms with Crippen molar-refractivity contribution in [3.63, 3.8) is 0 Å². The SMILES string of the molecule is Cc1ccc([S@](=O)c2ccccc2[C@](C)(C#N)C(=O)OC(C)C)cc1. The minimum Gasteiger partial charge on any atom is -0.462 e. The lowest BCUT2D eigenvalue weighted by atomic mass is 9.84. The largest absolute Gasteiger partial charge is 0.462 e. The summed E-state index contributed by atoms with van der Waals surface area (Å²) in [4.78, 5) is 13.6. The van der Waals surface area contributed by atoms with Crippen LogP contribution in [0.15, 0.2) is 58.3 Å². The average Bonchev–Trinajstić information content (AvgIpc) is 2.60. The fraction of sp³-hybridized carbons (Fsp3) is 0.300. The highest BCUT2D eigenvalue weighted by molar-refractivity contribution is 7.85. The number of nitrogens with zero attached hydrogens (tertiary/aromatic N) is 1. The fourth-order valence-corrected chi connectivity index (χ4v) is 3.69. The molecule has 130 valence electrons. The Hall–Kier alpha value is -2.45. The second-order valence-corrected chi connectivity index (χ2v) is 7.72. The van der Waals surface area contributed by atoms with Crippen LogP contribution in [0.1, 0.15) is 31.9 Å². The van der Waals surface area contributed by atoms with Gasteiger partial charge in [-0.1, -0.05) is 35.9 Å².